The summed E-state index contributed by atoms with van der Waals surface area (Å²) < 4.78 is 1.74. The third kappa shape index (κ3) is 3.73. The zero-order valence-electron chi connectivity index (χ0n) is 16.4. The highest BCUT2D eigenvalue weighted by Gasteiger charge is 2.29. The smallest absolute Gasteiger partial charge is 0.253 e. The predicted octanol–water partition coefficient (Wildman–Crippen LogP) is 5.29. The van der Waals surface area contributed by atoms with E-state index in [2.05, 4.69) is 46.3 Å². The van der Waals surface area contributed by atoms with Crippen molar-refractivity contribution in [1.82, 2.24) is 19.6 Å². The van der Waals surface area contributed by atoms with Gasteiger partial charge in [0.05, 0.1) is 11.3 Å². The van der Waals surface area contributed by atoms with Crippen molar-refractivity contribution in [3.8, 4) is 0 Å². The molecule has 1 aliphatic rings. The summed E-state index contributed by atoms with van der Waals surface area (Å²) in [5.74, 6) is 1.51. The lowest BCUT2D eigenvalue weighted by Crippen LogP contribution is -2.22. The molecule has 0 amide bonds. The number of hydrogen-bond acceptors (Lipinski definition) is 5. The molecule has 1 unspecified atom stereocenters. The van der Waals surface area contributed by atoms with E-state index in [1.807, 2.05) is 24.3 Å². The number of thioether (sulfide) groups is 1. The molecule has 2 heterocycles. The Morgan fingerprint density at radius 2 is 2.00 bits per heavy atom. The fourth-order valence-corrected chi connectivity index (χ4v) is 4.80. The van der Waals surface area contributed by atoms with Gasteiger partial charge in [0.1, 0.15) is 0 Å². The molecule has 0 bridgehead atoms. The van der Waals surface area contributed by atoms with Crippen molar-refractivity contribution in [3.63, 3.8) is 0 Å². The molecular formula is C23H19ClN4OS. The highest BCUT2D eigenvalue weighted by Crippen LogP contribution is 2.33. The Bertz CT molecular complexity index is 1250. The fraction of sp³-hybridized carbons (Fsp3) is 0.217. The monoisotopic (exact) mass is 434 g/mol. The molecule has 5 nitrogen and oxygen atoms in total. The van der Waals surface area contributed by atoms with Gasteiger partial charge in [0.15, 0.2) is 5.78 Å². The Balaban J connectivity index is 1.45. The van der Waals surface area contributed by atoms with Crippen LogP contribution < -0.4 is 0 Å². The van der Waals surface area contributed by atoms with Gasteiger partial charge in [-0.2, -0.15) is 9.50 Å². The Morgan fingerprint density at radius 1 is 1.17 bits per heavy atom. The van der Waals surface area contributed by atoms with Crippen LogP contribution in [0.3, 0.4) is 0 Å². The lowest BCUT2D eigenvalue weighted by atomic mass is 9.82. The molecule has 0 fully saturated rings. The summed E-state index contributed by atoms with van der Waals surface area (Å²) >= 11 is 7.60. The standard InChI is InChI=1S/C23H19ClN4OS/c1-14-3-2-4-15(9-14)13-30-23-26-22-25-12-19-20(28(22)27-23)10-17(11-21(19)29)16-5-7-18(24)8-6-16/h2-9,12,17H,10-11,13H2,1H3. The van der Waals surface area contributed by atoms with Gasteiger partial charge in [-0.25, -0.2) is 4.98 Å². The van der Waals surface area contributed by atoms with Crippen molar-refractivity contribution in [3.05, 3.63) is 87.7 Å². The predicted molar refractivity (Wildman–Crippen MR) is 118 cm³/mol. The minimum atomic E-state index is 0.0927. The summed E-state index contributed by atoms with van der Waals surface area (Å²) in [5, 5.41) is 6.03. The van der Waals surface area contributed by atoms with E-state index in [1.54, 1.807) is 22.5 Å². The molecule has 150 valence electrons. The highest BCUT2D eigenvalue weighted by atomic mass is 35.5. The largest absolute Gasteiger partial charge is 0.294 e. The summed E-state index contributed by atoms with van der Waals surface area (Å²) in [4.78, 5) is 21.7. The number of fused-ring (bicyclic) bond motifs is 3. The van der Waals surface area contributed by atoms with Gasteiger partial charge in [0, 0.05) is 23.4 Å². The van der Waals surface area contributed by atoms with Crippen molar-refractivity contribution in [2.45, 2.75) is 36.6 Å². The average molecular weight is 435 g/mol. The maximum Gasteiger partial charge on any atom is 0.253 e. The molecule has 0 N–H and O–H groups in total. The van der Waals surface area contributed by atoms with Crippen LogP contribution in [0.25, 0.3) is 5.78 Å². The summed E-state index contributed by atoms with van der Waals surface area (Å²) in [6.07, 6.45) is 2.83. The SMILES string of the molecule is Cc1cccc(CSc2nc3ncc4c(n3n2)CC(c2ccc(Cl)cc2)CC4=O)c1. The molecule has 0 spiro atoms. The second kappa shape index (κ2) is 7.85. The fourth-order valence-electron chi connectivity index (χ4n) is 3.91. The number of carbonyl (C=O) groups is 1. The summed E-state index contributed by atoms with van der Waals surface area (Å²) in [6.45, 7) is 2.08. The molecule has 1 aliphatic carbocycles. The molecule has 2 aromatic heterocycles. The molecule has 30 heavy (non-hydrogen) atoms. The van der Waals surface area contributed by atoms with Gasteiger partial charge in [-0.05, 0) is 42.5 Å². The average Bonchev–Trinajstić information content (AvgIpc) is 3.16. The molecule has 0 saturated heterocycles. The van der Waals surface area contributed by atoms with Gasteiger partial charge in [-0.15, -0.1) is 5.10 Å². The number of aromatic nitrogens is 4. The van der Waals surface area contributed by atoms with E-state index in [9.17, 15) is 4.79 Å². The van der Waals surface area contributed by atoms with E-state index in [0.29, 0.717) is 34.4 Å². The maximum absolute atomic E-state index is 12.8. The maximum atomic E-state index is 12.8. The second-order valence-electron chi connectivity index (χ2n) is 7.58. The number of rotatable bonds is 4. The van der Waals surface area contributed by atoms with Crippen LogP contribution in [0.5, 0.6) is 0 Å². The van der Waals surface area contributed by atoms with Crippen LogP contribution in [0.1, 0.15) is 45.1 Å². The van der Waals surface area contributed by atoms with Gasteiger partial charge in [-0.3, -0.25) is 4.79 Å². The Hall–Kier alpha value is -2.70. The van der Waals surface area contributed by atoms with Crippen LogP contribution in [0.2, 0.25) is 5.02 Å². The topological polar surface area (TPSA) is 60.1 Å². The number of halogens is 1. The van der Waals surface area contributed by atoms with Crippen molar-refractivity contribution in [2.75, 3.05) is 0 Å². The van der Waals surface area contributed by atoms with Crippen LogP contribution in [0.4, 0.5) is 0 Å². The van der Waals surface area contributed by atoms with Gasteiger partial charge < -0.3 is 0 Å². The van der Waals surface area contributed by atoms with Crippen molar-refractivity contribution < 1.29 is 4.79 Å². The van der Waals surface area contributed by atoms with Crippen LogP contribution in [0, 0.1) is 6.92 Å². The minimum Gasteiger partial charge on any atom is -0.294 e. The lowest BCUT2D eigenvalue weighted by molar-refractivity contribution is 0.0962. The zero-order valence-corrected chi connectivity index (χ0v) is 18.0. The summed E-state index contributed by atoms with van der Waals surface area (Å²) in [7, 11) is 0. The summed E-state index contributed by atoms with van der Waals surface area (Å²) in [6, 6.07) is 16.1. The zero-order chi connectivity index (χ0) is 20.7. The van der Waals surface area contributed by atoms with Gasteiger partial charge >= 0.3 is 0 Å². The quantitative estimate of drug-likeness (QED) is 0.408. The van der Waals surface area contributed by atoms with Crippen LogP contribution in [0.15, 0.2) is 59.9 Å². The highest BCUT2D eigenvalue weighted by molar-refractivity contribution is 7.98. The molecule has 2 aromatic carbocycles. The second-order valence-corrected chi connectivity index (χ2v) is 8.96. The number of carbonyl (C=O) groups excluding carboxylic acids is 1. The number of hydrogen-bond donors (Lipinski definition) is 0. The molecule has 5 rings (SSSR count). The number of aryl methyl sites for hydroxylation is 1. The number of benzene rings is 2. The van der Waals surface area contributed by atoms with Crippen LogP contribution >= 0.6 is 23.4 Å². The van der Waals surface area contributed by atoms with Crippen molar-refractivity contribution in [2.24, 2.45) is 0 Å². The third-order valence-electron chi connectivity index (χ3n) is 5.41. The van der Waals surface area contributed by atoms with Crippen LogP contribution in [-0.2, 0) is 12.2 Å². The van der Waals surface area contributed by atoms with Gasteiger partial charge in [-0.1, -0.05) is 65.3 Å². The van der Waals surface area contributed by atoms with Crippen molar-refractivity contribution in [1.29, 1.82) is 0 Å². The lowest BCUT2D eigenvalue weighted by Gasteiger charge is -2.23. The molecule has 0 radical (unpaired) electrons. The molecule has 0 aliphatic heterocycles. The first-order valence-corrected chi connectivity index (χ1v) is 11.1. The Kier molecular flexibility index (Phi) is 5.05. The minimum absolute atomic E-state index is 0.0927. The summed E-state index contributed by atoms with van der Waals surface area (Å²) in [5.41, 5.74) is 5.10. The molecule has 0 saturated carbocycles. The molecular weight excluding hydrogens is 416 g/mol. The normalized spacial score (nSPS) is 16.1. The van der Waals surface area contributed by atoms with E-state index >= 15 is 0 Å². The van der Waals surface area contributed by atoms with Crippen LogP contribution in [-0.4, -0.2) is 25.4 Å². The first kappa shape index (κ1) is 19.3. The third-order valence-corrected chi connectivity index (χ3v) is 6.57. The van der Waals surface area contributed by atoms with Gasteiger partial charge in [0.2, 0.25) is 5.16 Å². The van der Waals surface area contributed by atoms with Gasteiger partial charge in [0.25, 0.3) is 5.78 Å². The van der Waals surface area contributed by atoms with E-state index in [1.165, 1.54) is 11.1 Å². The first-order chi connectivity index (χ1) is 14.6. The molecule has 1 atom stereocenters. The number of ketones is 1. The van der Waals surface area contributed by atoms with E-state index in [-0.39, 0.29) is 11.7 Å². The van der Waals surface area contributed by atoms with E-state index in [4.69, 9.17) is 11.6 Å². The number of Topliss-reactive ketones (excluding diaryl/α,β-unsaturated/α-hetero) is 1. The van der Waals surface area contributed by atoms with E-state index in [0.717, 1.165) is 17.0 Å². The Labute approximate surface area is 183 Å². The number of nitrogens with zero attached hydrogens (tertiary/aromatic N) is 4. The molecule has 7 heteroatoms. The Morgan fingerprint density at radius 3 is 2.80 bits per heavy atom. The van der Waals surface area contributed by atoms with Crippen molar-refractivity contribution >= 4 is 34.9 Å². The van der Waals surface area contributed by atoms with E-state index < -0.39 is 0 Å². The molecule has 4 aromatic rings. The first-order valence-electron chi connectivity index (χ1n) is 9.78.